The lowest BCUT2D eigenvalue weighted by atomic mass is 9.84. The summed E-state index contributed by atoms with van der Waals surface area (Å²) in [5.41, 5.74) is 1.94. The van der Waals surface area contributed by atoms with Gasteiger partial charge in [-0.15, -0.1) is 0 Å². The van der Waals surface area contributed by atoms with Gasteiger partial charge in [-0.25, -0.2) is 4.79 Å². The molecule has 1 amide bonds. The van der Waals surface area contributed by atoms with Crippen molar-refractivity contribution in [1.29, 1.82) is 0 Å². The number of morpholine rings is 1. The number of fused-ring (bicyclic) bond motifs is 2. The molecule has 0 N–H and O–H groups in total. The Balaban J connectivity index is 1.84. The molecule has 1 aromatic rings. The third-order valence-corrected chi connectivity index (χ3v) is 4.41. The van der Waals surface area contributed by atoms with Gasteiger partial charge in [0.1, 0.15) is 11.4 Å². The molecule has 5 nitrogen and oxygen atoms in total. The van der Waals surface area contributed by atoms with Gasteiger partial charge in [-0.3, -0.25) is 4.90 Å². The van der Waals surface area contributed by atoms with Gasteiger partial charge >= 0.3 is 6.09 Å². The van der Waals surface area contributed by atoms with E-state index in [9.17, 15) is 4.79 Å². The minimum atomic E-state index is -0.485. The number of nitrogens with zero attached hydrogens (tertiary/aromatic N) is 1. The van der Waals surface area contributed by atoms with Crippen molar-refractivity contribution >= 4 is 6.09 Å². The van der Waals surface area contributed by atoms with E-state index in [1.54, 1.807) is 7.11 Å². The molecule has 1 aliphatic carbocycles. The zero-order chi connectivity index (χ0) is 16.6. The molecule has 126 valence electrons. The third-order valence-electron chi connectivity index (χ3n) is 4.41. The van der Waals surface area contributed by atoms with Crippen molar-refractivity contribution in [3.8, 4) is 5.75 Å². The molecule has 1 unspecified atom stereocenters. The fourth-order valence-corrected chi connectivity index (χ4v) is 3.42. The second-order valence-corrected chi connectivity index (χ2v) is 7.16. The van der Waals surface area contributed by atoms with Gasteiger partial charge < -0.3 is 14.2 Å². The lowest BCUT2D eigenvalue weighted by Crippen LogP contribution is -2.57. The first-order valence-corrected chi connectivity index (χ1v) is 8.15. The van der Waals surface area contributed by atoms with Crippen LogP contribution in [0.15, 0.2) is 18.2 Å². The number of hydrogen-bond acceptors (Lipinski definition) is 4. The van der Waals surface area contributed by atoms with Gasteiger partial charge in [0, 0.05) is 18.5 Å². The monoisotopic (exact) mass is 319 g/mol. The van der Waals surface area contributed by atoms with Crippen molar-refractivity contribution in [1.82, 2.24) is 4.90 Å². The summed E-state index contributed by atoms with van der Waals surface area (Å²) in [6, 6.07) is 6.11. The smallest absolute Gasteiger partial charge is 0.410 e. The van der Waals surface area contributed by atoms with Gasteiger partial charge in [0.2, 0.25) is 0 Å². The Morgan fingerprint density at radius 2 is 2.09 bits per heavy atom. The van der Waals surface area contributed by atoms with Crippen LogP contribution in [0.4, 0.5) is 4.79 Å². The third kappa shape index (κ3) is 3.29. The Hall–Kier alpha value is -1.75. The molecular formula is C18H25NO4. The van der Waals surface area contributed by atoms with Crippen LogP contribution in [-0.4, -0.2) is 49.0 Å². The van der Waals surface area contributed by atoms with Crippen LogP contribution in [0.1, 0.15) is 31.9 Å². The lowest BCUT2D eigenvalue weighted by molar-refractivity contribution is -0.0783. The molecule has 0 spiro atoms. The van der Waals surface area contributed by atoms with Gasteiger partial charge in [-0.2, -0.15) is 0 Å². The fraction of sp³-hybridized carbons (Fsp3) is 0.611. The molecule has 0 saturated carbocycles. The van der Waals surface area contributed by atoms with E-state index >= 15 is 0 Å². The van der Waals surface area contributed by atoms with Crippen molar-refractivity contribution in [2.45, 2.75) is 51.4 Å². The van der Waals surface area contributed by atoms with E-state index in [1.807, 2.05) is 37.8 Å². The first-order valence-electron chi connectivity index (χ1n) is 8.15. The summed E-state index contributed by atoms with van der Waals surface area (Å²) >= 11 is 0. The van der Waals surface area contributed by atoms with Crippen LogP contribution in [0.5, 0.6) is 5.75 Å². The van der Waals surface area contributed by atoms with E-state index in [-0.39, 0.29) is 18.2 Å². The summed E-state index contributed by atoms with van der Waals surface area (Å²) in [4.78, 5) is 14.4. The molecule has 0 bridgehead atoms. The second kappa shape index (κ2) is 6.04. The molecule has 0 radical (unpaired) electrons. The van der Waals surface area contributed by atoms with Gasteiger partial charge in [0.15, 0.2) is 0 Å². The van der Waals surface area contributed by atoms with E-state index < -0.39 is 5.60 Å². The molecule has 3 rings (SSSR count). The highest BCUT2D eigenvalue weighted by Gasteiger charge is 2.41. The highest BCUT2D eigenvalue weighted by Crippen LogP contribution is 2.34. The second-order valence-electron chi connectivity index (χ2n) is 7.16. The molecule has 1 heterocycles. The Labute approximate surface area is 137 Å². The van der Waals surface area contributed by atoms with Crippen LogP contribution < -0.4 is 4.74 Å². The molecule has 0 aromatic heterocycles. The van der Waals surface area contributed by atoms with Crippen LogP contribution >= 0.6 is 0 Å². The Morgan fingerprint density at radius 1 is 1.30 bits per heavy atom. The first-order chi connectivity index (χ1) is 10.9. The number of amides is 1. The molecule has 2 aliphatic rings. The van der Waals surface area contributed by atoms with Crippen molar-refractivity contribution in [2.75, 3.05) is 20.3 Å². The lowest BCUT2D eigenvalue weighted by Gasteiger charge is -2.44. The number of benzene rings is 1. The van der Waals surface area contributed by atoms with Crippen molar-refractivity contribution in [3.05, 3.63) is 29.3 Å². The minimum Gasteiger partial charge on any atom is -0.496 e. The number of carbonyl (C=O) groups is 1. The predicted octanol–water partition coefficient (Wildman–Crippen LogP) is 2.80. The topological polar surface area (TPSA) is 48.0 Å². The Morgan fingerprint density at radius 3 is 2.78 bits per heavy atom. The van der Waals surface area contributed by atoms with E-state index in [0.717, 1.165) is 18.6 Å². The summed E-state index contributed by atoms with van der Waals surface area (Å²) in [7, 11) is 1.69. The van der Waals surface area contributed by atoms with Gasteiger partial charge in [-0.1, -0.05) is 12.1 Å². The van der Waals surface area contributed by atoms with Gasteiger partial charge in [0.25, 0.3) is 0 Å². The number of methoxy groups -OCH3 is 1. The van der Waals surface area contributed by atoms with Crippen molar-refractivity contribution in [2.24, 2.45) is 0 Å². The molecule has 2 atom stereocenters. The van der Waals surface area contributed by atoms with E-state index in [0.29, 0.717) is 13.2 Å². The van der Waals surface area contributed by atoms with Crippen LogP contribution in [-0.2, 0) is 22.3 Å². The molecule has 23 heavy (non-hydrogen) atoms. The molecule has 1 saturated heterocycles. The SMILES string of the molecule is COc1cccc2c1C[C@H]1OCCN(C(=O)OC(C)(C)C)C1C2. The normalized spacial score (nSPS) is 23.7. The quantitative estimate of drug-likeness (QED) is 0.798. The average Bonchev–Trinajstić information content (AvgIpc) is 2.50. The number of carbonyl (C=O) groups excluding carboxylic acids is 1. The summed E-state index contributed by atoms with van der Waals surface area (Å²) in [5.74, 6) is 0.902. The van der Waals surface area contributed by atoms with Crippen LogP contribution in [0.25, 0.3) is 0 Å². The average molecular weight is 319 g/mol. The van der Waals surface area contributed by atoms with Crippen molar-refractivity contribution in [3.63, 3.8) is 0 Å². The van der Waals surface area contributed by atoms with Crippen LogP contribution in [0.3, 0.4) is 0 Å². The first kappa shape index (κ1) is 16.1. The summed E-state index contributed by atoms with van der Waals surface area (Å²) in [6.45, 7) is 6.80. The molecule has 5 heteroatoms. The maximum atomic E-state index is 12.5. The standard InChI is InChI=1S/C18H25NO4/c1-18(2,3)23-17(20)19-8-9-22-16-11-13-12(10-14(16)19)6-5-7-15(13)21-4/h5-7,14,16H,8-11H2,1-4H3/t14?,16-/m1/s1. The largest absolute Gasteiger partial charge is 0.496 e. The number of rotatable bonds is 1. The molecular weight excluding hydrogens is 294 g/mol. The van der Waals surface area contributed by atoms with Gasteiger partial charge in [0.05, 0.1) is 25.9 Å². The molecule has 1 aliphatic heterocycles. The van der Waals surface area contributed by atoms with E-state index in [4.69, 9.17) is 14.2 Å². The maximum absolute atomic E-state index is 12.5. The zero-order valence-electron chi connectivity index (χ0n) is 14.3. The minimum absolute atomic E-state index is 0.0000633. The summed E-state index contributed by atoms with van der Waals surface area (Å²) in [5, 5.41) is 0. The highest BCUT2D eigenvalue weighted by atomic mass is 16.6. The number of ether oxygens (including phenoxy) is 3. The van der Waals surface area contributed by atoms with Gasteiger partial charge in [-0.05, 0) is 38.8 Å². The predicted molar refractivity (Wildman–Crippen MR) is 86.9 cm³/mol. The van der Waals surface area contributed by atoms with Crippen molar-refractivity contribution < 1.29 is 19.0 Å². The van der Waals surface area contributed by atoms with E-state index in [2.05, 4.69) is 6.07 Å². The number of hydrogen-bond donors (Lipinski definition) is 0. The Kier molecular flexibility index (Phi) is 4.23. The highest BCUT2D eigenvalue weighted by molar-refractivity contribution is 5.69. The van der Waals surface area contributed by atoms with Crippen LogP contribution in [0, 0.1) is 0 Å². The Bertz CT molecular complexity index is 593. The summed E-state index contributed by atoms with van der Waals surface area (Å²) < 4.78 is 17.0. The zero-order valence-corrected chi connectivity index (χ0v) is 14.3. The fourth-order valence-electron chi connectivity index (χ4n) is 3.42. The summed E-state index contributed by atoms with van der Waals surface area (Å²) in [6.07, 6.45) is 1.29. The van der Waals surface area contributed by atoms with Crippen LogP contribution in [0.2, 0.25) is 0 Å². The van der Waals surface area contributed by atoms with E-state index in [1.165, 1.54) is 11.1 Å². The maximum Gasteiger partial charge on any atom is 0.410 e. The molecule has 1 fully saturated rings. The molecule has 1 aromatic carbocycles.